The molecule has 0 bridgehead atoms. The molecule has 1 atom stereocenters. The molecule has 1 fully saturated rings. The van der Waals surface area contributed by atoms with E-state index in [1.807, 2.05) is 0 Å². The molecule has 1 aliphatic heterocycles. The number of hydrogen-bond donors (Lipinski definition) is 1. The Kier molecular flexibility index (Phi) is 3.79. The first-order valence-corrected chi connectivity index (χ1v) is 7.46. The molecule has 4 nitrogen and oxygen atoms in total. The van der Waals surface area contributed by atoms with Crippen molar-refractivity contribution >= 4 is 21.6 Å². The van der Waals surface area contributed by atoms with E-state index < -0.39 is 0 Å². The SMILES string of the molecule is Cc1nc2ccc(CN3CCOC(CN)C3)cc2s1. The van der Waals surface area contributed by atoms with Crippen molar-refractivity contribution in [3.63, 3.8) is 0 Å². The van der Waals surface area contributed by atoms with Gasteiger partial charge in [0.25, 0.3) is 0 Å². The maximum Gasteiger partial charge on any atom is 0.0907 e. The van der Waals surface area contributed by atoms with Gasteiger partial charge in [0.15, 0.2) is 0 Å². The molecule has 1 aromatic heterocycles. The van der Waals surface area contributed by atoms with Crippen LogP contribution in [0.25, 0.3) is 10.2 Å². The van der Waals surface area contributed by atoms with Crippen LogP contribution in [0, 0.1) is 6.92 Å². The molecular formula is C14H19N3OS. The predicted octanol–water partition coefficient (Wildman–Crippen LogP) is 1.76. The van der Waals surface area contributed by atoms with Crippen LogP contribution in [0.1, 0.15) is 10.6 Å². The van der Waals surface area contributed by atoms with Crippen molar-refractivity contribution in [3.05, 3.63) is 28.8 Å². The highest BCUT2D eigenvalue weighted by molar-refractivity contribution is 7.18. The van der Waals surface area contributed by atoms with Gasteiger partial charge in [0.2, 0.25) is 0 Å². The molecule has 2 aromatic rings. The van der Waals surface area contributed by atoms with Crippen LogP contribution >= 0.6 is 11.3 Å². The zero-order valence-electron chi connectivity index (χ0n) is 11.1. The second-order valence-electron chi connectivity index (χ2n) is 5.00. The van der Waals surface area contributed by atoms with Crippen molar-refractivity contribution in [2.45, 2.75) is 19.6 Å². The molecule has 0 saturated carbocycles. The minimum Gasteiger partial charge on any atom is -0.374 e. The van der Waals surface area contributed by atoms with Crippen molar-refractivity contribution in [2.24, 2.45) is 5.73 Å². The molecule has 1 aromatic carbocycles. The minimum absolute atomic E-state index is 0.183. The zero-order valence-corrected chi connectivity index (χ0v) is 11.9. The van der Waals surface area contributed by atoms with Gasteiger partial charge in [-0.15, -0.1) is 11.3 Å². The van der Waals surface area contributed by atoms with Crippen molar-refractivity contribution in [1.82, 2.24) is 9.88 Å². The Balaban J connectivity index is 1.73. The third kappa shape index (κ3) is 2.95. The number of thiazole rings is 1. The number of rotatable bonds is 3. The second-order valence-corrected chi connectivity index (χ2v) is 6.23. The van der Waals surface area contributed by atoms with Crippen molar-refractivity contribution in [2.75, 3.05) is 26.2 Å². The highest BCUT2D eigenvalue weighted by atomic mass is 32.1. The van der Waals surface area contributed by atoms with E-state index >= 15 is 0 Å². The highest BCUT2D eigenvalue weighted by Gasteiger charge is 2.19. The first kappa shape index (κ1) is 13.0. The second kappa shape index (κ2) is 5.54. The minimum atomic E-state index is 0.183. The number of ether oxygens (including phenoxy) is 1. The monoisotopic (exact) mass is 277 g/mol. The van der Waals surface area contributed by atoms with Gasteiger partial charge in [0.1, 0.15) is 0 Å². The van der Waals surface area contributed by atoms with E-state index in [-0.39, 0.29) is 6.10 Å². The summed E-state index contributed by atoms with van der Waals surface area (Å²) < 4.78 is 6.87. The van der Waals surface area contributed by atoms with Crippen molar-refractivity contribution in [3.8, 4) is 0 Å². The lowest BCUT2D eigenvalue weighted by Crippen LogP contribution is -2.45. The third-order valence-electron chi connectivity index (χ3n) is 3.45. The number of fused-ring (bicyclic) bond motifs is 1. The van der Waals surface area contributed by atoms with E-state index in [1.165, 1.54) is 10.3 Å². The molecule has 2 heterocycles. The van der Waals surface area contributed by atoms with Crippen LogP contribution < -0.4 is 5.73 Å². The van der Waals surface area contributed by atoms with E-state index in [0.717, 1.165) is 36.8 Å². The average Bonchev–Trinajstić information content (AvgIpc) is 2.78. The van der Waals surface area contributed by atoms with Gasteiger partial charge >= 0.3 is 0 Å². The van der Waals surface area contributed by atoms with Gasteiger partial charge in [-0.05, 0) is 24.6 Å². The summed E-state index contributed by atoms with van der Waals surface area (Å²) in [6.07, 6.45) is 0.183. The van der Waals surface area contributed by atoms with Crippen LogP contribution in [0.4, 0.5) is 0 Å². The Morgan fingerprint density at radius 1 is 1.53 bits per heavy atom. The summed E-state index contributed by atoms with van der Waals surface area (Å²) in [4.78, 5) is 6.91. The van der Waals surface area contributed by atoms with Gasteiger partial charge in [-0.3, -0.25) is 4.90 Å². The Labute approximate surface area is 117 Å². The molecule has 102 valence electrons. The summed E-state index contributed by atoms with van der Waals surface area (Å²) in [5.41, 5.74) is 8.12. The van der Waals surface area contributed by atoms with Crippen LogP contribution in [0.2, 0.25) is 0 Å². The predicted molar refractivity (Wildman–Crippen MR) is 78.4 cm³/mol. The number of aromatic nitrogens is 1. The Morgan fingerprint density at radius 3 is 3.26 bits per heavy atom. The van der Waals surface area contributed by atoms with Gasteiger partial charge in [-0.25, -0.2) is 4.98 Å². The molecular weight excluding hydrogens is 258 g/mol. The molecule has 1 unspecified atom stereocenters. The summed E-state index contributed by atoms with van der Waals surface area (Å²) in [6.45, 7) is 6.31. The summed E-state index contributed by atoms with van der Waals surface area (Å²) in [5, 5.41) is 1.13. The molecule has 3 rings (SSSR count). The molecule has 1 aliphatic rings. The van der Waals surface area contributed by atoms with Crippen LogP contribution in [-0.4, -0.2) is 42.2 Å². The molecule has 1 saturated heterocycles. The number of benzene rings is 1. The number of nitrogens with two attached hydrogens (primary N) is 1. The molecule has 0 aliphatic carbocycles. The van der Waals surface area contributed by atoms with Gasteiger partial charge in [-0.1, -0.05) is 6.07 Å². The van der Waals surface area contributed by atoms with Gasteiger partial charge in [0.05, 0.1) is 27.9 Å². The molecule has 2 N–H and O–H groups in total. The fraction of sp³-hybridized carbons (Fsp3) is 0.500. The maximum absolute atomic E-state index is 5.68. The lowest BCUT2D eigenvalue weighted by molar-refractivity contribution is -0.0260. The standard InChI is InChI=1S/C14H19N3OS/c1-10-16-13-3-2-11(6-14(13)19-10)8-17-4-5-18-12(7-15)9-17/h2-3,6,12H,4-5,7-9,15H2,1H3. The topological polar surface area (TPSA) is 51.4 Å². The molecule has 0 spiro atoms. The summed E-state index contributed by atoms with van der Waals surface area (Å²) in [6, 6.07) is 6.55. The van der Waals surface area contributed by atoms with E-state index in [4.69, 9.17) is 10.5 Å². The maximum atomic E-state index is 5.68. The lowest BCUT2D eigenvalue weighted by Gasteiger charge is -2.32. The first-order valence-electron chi connectivity index (χ1n) is 6.64. The van der Waals surface area contributed by atoms with Gasteiger partial charge in [-0.2, -0.15) is 0 Å². The van der Waals surface area contributed by atoms with Crippen LogP contribution in [0.3, 0.4) is 0 Å². The van der Waals surface area contributed by atoms with Crippen molar-refractivity contribution in [1.29, 1.82) is 0 Å². The van der Waals surface area contributed by atoms with E-state index in [1.54, 1.807) is 11.3 Å². The quantitative estimate of drug-likeness (QED) is 0.929. The van der Waals surface area contributed by atoms with E-state index in [0.29, 0.717) is 6.54 Å². The average molecular weight is 277 g/mol. The third-order valence-corrected chi connectivity index (χ3v) is 4.39. The number of aryl methyl sites for hydroxylation is 1. The fourth-order valence-electron chi connectivity index (χ4n) is 2.51. The summed E-state index contributed by atoms with van der Waals surface area (Å²) >= 11 is 1.76. The molecule has 0 radical (unpaired) electrons. The summed E-state index contributed by atoms with van der Waals surface area (Å²) in [7, 11) is 0. The van der Waals surface area contributed by atoms with Crippen LogP contribution in [0.5, 0.6) is 0 Å². The highest BCUT2D eigenvalue weighted by Crippen LogP contribution is 2.23. The molecule has 0 amide bonds. The fourth-order valence-corrected chi connectivity index (χ4v) is 3.40. The van der Waals surface area contributed by atoms with Crippen molar-refractivity contribution < 1.29 is 4.74 Å². The van der Waals surface area contributed by atoms with Gasteiger partial charge in [0, 0.05) is 26.2 Å². The molecule has 19 heavy (non-hydrogen) atoms. The zero-order chi connectivity index (χ0) is 13.2. The number of hydrogen-bond acceptors (Lipinski definition) is 5. The number of morpholine rings is 1. The van der Waals surface area contributed by atoms with E-state index in [2.05, 4.69) is 35.0 Å². The largest absolute Gasteiger partial charge is 0.374 e. The van der Waals surface area contributed by atoms with Crippen LogP contribution in [0.15, 0.2) is 18.2 Å². The Bertz CT molecular complexity index is 569. The summed E-state index contributed by atoms with van der Waals surface area (Å²) in [5.74, 6) is 0. The number of nitrogens with zero attached hydrogens (tertiary/aromatic N) is 2. The van der Waals surface area contributed by atoms with Gasteiger partial charge < -0.3 is 10.5 Å². The Hall–Kier alpha value is -1.01. The molecule has 5 heteroatoms. The van der Waals surface area contributed by atoms with Crippen LogP contribution in [-0.2, 0) is 11.3 Å². The smallest absolute Gasteiger partial charge is 0.0907 e. The Morgan fingerprint density at radius 2 is 2.42 bits per heavy atom. The lowest BCUT2D eigenvalue weighted by atomic mass is 10.2. The van der Waals surface area contributed by atoms with E-state index in [9.17, 15) is 0 Å². The normalized spacial score (nSPS) is 21.1. The first-order chi connectivity index (χ1) is 9.24.